The molecule has 5 nitrogen and oxygen atoms in total. The van der Waals surface area contributed by atoms with Crippen molar-refractivity contribution in [1.29, 1.82) is 0 Å². The Hall–Kier alpha value is -1.34. The molecule has 108 valence electrons. The number of fused-ring (bicyclic) bond motifs is 1. The molecule has 7 heteroatoms. The third kappa shape index (κ3) is 3.83. The predicted octanol–water partition coefficient (Wildman–Crippen LogP) is 3.17. The van der Waals surface area contributed by atoms with Gasteiger partial charge in [-0.2, -0.15) is 0 Å². The van der Waals surface area contributed by atoms with Crippen molar-refractivity contribution in [2.24, 2.45) is 0 Å². The molecule has 0 atom stereocenters. The molecule has 0 saturated carbocycles. The van der Waals surface area contributed by atoms with E-state index in [-0.39, 0.29) is 11.7 Å². The monoisotopic (exact) mass is 311 g/mol. The van der Waals surface area contributed by atoms with Gasteiger partial charge in [0.1, 0.15) is 9.86 Å². The zero-order chi connectivity index (χ0) is 14.4. The number of hydrogen-bond acceptors (Lipinski definition) is 7. The van der Waals surface area contributed by atoms with Gasteiger partial charge in [0.2, 0.25) is 5.95 Å². The average molecular weight is 311 g/mol. The Morgan fingerprint density at radius 2 is 2.30 bits per heavy atom. The van der Waals surface area contributed by atoms with Crippen molar-refractivity contribution in [1.82, 2.24) is 9.97 Å². The fourth-order valence-corrected chi connectivity index (χ4v) is 3.22. The summed E-state index contributed by atoms with van der Waals surface area (Å²) >= 11 is 2.96. The second kappa shape index (κ2) is 7.44. The standard InChI is InChI=1S/C13H17N3O2S2/c1-3-6-14-13-15-11-9(5-7-19-11)12(16-13)20-8-10(17)18-4-2/h5,7H,3-4,6,8H2,1-2H3,(H,14,15,16). The lowest BCUT2D eigenvalue weighted by atomic mass is 10.4. The Kier molecular flexibility index (Phi) is 5.60. The quantitative estimate of drug-likeness (QED) is 0.481. The number of carbonyl (C=O) groups excluding carboxylic acids is 1. The fourth-order valence-electron chi connectivity index (χ4n) is 1.58. The Bertz CT molecular complexity index is 586. The lowest BCUT2D eigenvalue weighted by Crippen LogP contribution is -2.08. The van der Waals surface area contributed by atoms with Crippen LogP contribution in [-0.2, 0) is 9.53 Å². The van der Waals surface area contributed by atoms with E-state index in [1.807, 2.05) is 11.4 Å². The molecule has 0 aliphatic heterocycles. The molecule has 1 N–H and O–H groups in total. The molecule has 0 amide bonds. The summed E-state index contributed by atoms with van der Waals surface area (Å²) in [5.74, 6) is 0.666. The normalized spacial score (nSPS) is 10.7. The molecule has 0 unspecified atom stereocenters. The molecule has 0 spiro atoms. The number of rotatable bonds is 7. The summed E-state index contributed by atoms with van der Waals surface area (Å²) in [6, 6.07) is 1.98. The SMILES string of the molecule is CCCNc1nc(SCC(=O)OCC)c2ccsc2n1. The maximum Gasteiger partial charge on any atom is 0.316 e. The van der Waals surface area contributed by atoms with Crippen LogP contribution in [0, 0.1) is 0 Å². The van der Waals surface area contributed by atoms with Crippen LogP contribution in [0.3, 0.4) is 0 Å². The number of hydrogen-bond donors (Lipinski definition) is 1. The number of ether oxygens (including phenoxy) is 1. The van der Waals surface area contributed by atoms with Crippen LogP contribution in [0.25, 0.3) is 10.2 Å². The van der Waals surface area contributed by atoms with Crippen molar-refractivity contribution < 1.29 is 9.53 Å². The molecule has 0 radical (unpaired) electrons. The number of nitrogens with zero attached hydrogens (tertiary/aromatic N) is 2. The minimum atomic E-state index is -0.220. The molecule has 0 aliphatic carbocycles. The van der Waals surface area contributed by atoms with E-state index >= 15 is 0 Å². The van der Waals surface area contributed by atoms with Crippen LogP contribution in [0.15, 0.2) is 16.5 Å². The Labute approximate surface area is 126 Å². The van der Waals surface area contributed by atoms with E-state index in [9.17, 15) is 4.79 Å². The Balaban J connectivity index is 2.16. The maximum absolute atomic E-state index is 11.4. The summed E-state index contributed by atoms with van der Waals surface area (Å²) in [5.41, 5.74) is 0. The van der Waals surface area contributed by atoms with Crippen LogP contribution in [0.2, 0.25) is 0 Å². The Morgan fingerprint density at radius 1 is 1.45 bits per heavy atom. The molecule has 0 saturated heterocycles. The lowest BCUT2D eigenvalue weighted by Gasteiger charge is -2.07. The molecule has 0 aliphatic rings. The average Bonchev–Trinajstić information content (AvgIpc) is 2.91. The van der Waals surface area contributed by atoms with E-state index in [4.69, 9.17) is 4.74 Å². The van der Waals surface area contributed by atoms with Gasteiger partial charge in [-0.25, -0.2) is 9.97 Å². The van der Waals surface area contributed by atoms with E-state index in [1.165, 1.54) is 11.8 Å². The predicted molar refractivity (Wildman–Crippen MR) is 83.6 cm³/mol. The first-order valence-corrected chi connectivity index (χ1v) is 8.38. The van der Waals surface area contributed by atoms with Gasteiger partial charge in [0.25, 0.3) is 0 Å². The van der Waals surface area contributed by atoms with Crippen LogP contribution >= 0.6 is 23.1 Å². The van der Waals surface area contributed by atoms with E-state index in [2.05, 4.69) is 22.2 Å². The first kappa shape index (κ1) is 15.1. The number of esters is 1. The van der Waals surface area contributed by atoms with Gasteiger partial charge in [-0.15, -0.1) is 11.3 Å². The second-order valence-electron chi connectivity index (χ2n) is 4.01. The van der Waals surface area contributed by atoms with Crippen molar-refractivity contribution >= 4 is 45.2 Å². The highest BCUT2D eigenvalue weighted by Gasteiger charge is 2.11. The van der Waals surface area contributed by atoms with Gasteiger partial charge < -0.3 is 10.1 Å². The molecule has 0 bridgehead atoms. The summed E-state index contributed by atoms with van der Waals surface area (Å²) in [6.07, 6.45) is 1.01. The highest BCUT2D eigenvalue weighted by Crippen LogP contribution is 2.29. The van der Waals surface area contributed by atoms with Crippen molar-refractivity contribution in [3.63, 3.8) is 0 Å². The number of thioether (sulfide) groups is 1. The van der Waals surface area contributed by atoms with Gasteiger partial charge in [-0.05, 0) is 24.8 Å². The fraction of sp³-hybridized carbons (Fsp3) is 0.462. The van der Waals surface area contributed by atoms with Crippen LogP contribution < -0.4 is 5.32 Å². The summed E-state index contributed by atoms with van der Waals surface area (Å²) in [7, 11) is 0. The molecule has 0 aromatic carbocycles. The van der Waals surface area contributed by atoms with Crippen LogP contribution in [-0.4, -0.2) is 34.8 Å². The molecule has 20 heavy (non-hydrogen) atoms. The van der Waals surface area contributed by atoms with E-state index < -0.39 is 0 Å². The number of thiophene rings is 1. The minimum Gasteiger partial charge on any atom is -0.465 e. The van der Waals surface area contributed by atoms with Crippen molar-refractivity contribution in [2.45, 2.75) is 25.3 Å². The molecule has 2 heterocycles. The molecule has 2 aromatic rings. The molecular formula is C13H17N3O2S2. The zero-order valence-corrected chi connectivity index (χ0v) is 13.1. The smallest absolute Gasteiger partial charge is 0.316 e. The lowest BCUT2D eigenvalue weighted by molar-refractivity contribution is -0.139. The molecule has 0 fully saturated rings. The van der Waals surface area contributed by atoms with E-state index in [0.717, 1.165) is 28.2 Å². The van der Waals surface area contributed by atoms with E-state index in [1.54, 1.807) is 18.3 Å². The largest absolute Gasteiger partial charge is 0.465 e. The van der Waals surface area contributed by atoms with Crippen LogP contribution in [0.4, 0.5) is 5.95 Å². The Morgan fingerprint density at radius 3 is 3.05 bits per heavy atom. The number of anilines is 1. The molecule has 2 aromatic heterocycles. The highest BCUT2D eigenvalue weighted by atomic mass is 32.2. The van der Waals surface area contributed by atoms with Gasteiger partial charge in [-0.3, -0.25) is 4.79 Å². The first-order valence-electron chi connectivity index (χ1n) is 6.52. The van der Waals surface area contributed by atoms with E-state index in [0.29, 0.717) is 12.6 Å². The van der Waals surface area contributed by atoms with Gasteiger partial charge in [0.15, 0.2) is 0 Å². The third-order valence-corrected chi connectivity index (χ3v) is 4.23. The third-order valence-electron chi connectivity index (χ3n) is 2.46. The van der Waals surface area contributed by atoms with Crippen molar-refractivity contribution in [3.05, 3.63) is 11.4 Å². The second-order valence-corrected chi connectivity index (χ2v) is 5.87. The summed E-state index contributed by atoms with van der Waals surface area (Å²) in [6.45, 7) is 5.13. The van der Waals surface area contributed by atoms with Crippen molar-refractivity contribution in [3.8, 4) is 0 Å². The molecular weight excluding hydrogens is 294 g/mol. The van der Waals surface area contributed by atoms with Crippen molar-refractivity contribution in [2.75, 3.05) is 24.2 Å². The number of nitrogens with one attached hydrogen (secondary N) is 1. The summed E-state index contributed by atoms with van der Waals surface area (Å²) in [4.78, 5) is 21.3. The van der Waals surface area contributed by atoms with Gasteiger partial charge in [0.05, 0.1) is 12.4 Å². The maximum atomic E-state index is 11.4. The summed E-state index contributed by atoms with van der Waals surface area (Å²) < 4.78 is 4.94. The highest BCUT2D eigenvalue weighted by molar-refractivity contribution is 8.00. The molecule has 2 rings (SSSR count). The number of aromatic nitrogens is 2. The van der Waals surface area contributed by atoms with Gasteiger partial charge in [0, 0.05) is 11.9 Å². The van der Waals surface area contributed by atoms with Crippen LogP contribution in [0.1, 0.15) is 20.3 Å². The summed E-state index contributed by atoms with van der Waals surface area (Å²) in [5, 5.41) is 6.98. The number of carbonyl (C=O) groups is 1. The zero-order valence-electron chi connectivity index (χ0n) is 11.5. The minimum absolute atomic E-state index is 0.220. The van der Waals surface area contributed by atoms with Crippen LogP contribution in [0.5, 0.6) is 0 Å². The first-order chi connectivity index (χ1) is 9.74. The topological polar surface area (TPSA) is 64.1 Å². The van der Waals surface area contributed by atoms with Gasteiger partial charge in [-0.1, -0.05) is 18.7 Å². The van der Waals surface area contributed by atoms with Gasteiger partial charge >= 0.3 is 5.97 Å².